The molecule has 5 heteroatoms. The number of hydrogen-bond acceptors (Lipinski definition) is 3. The van der Waals surface area contributed by atoms with E-state index in [2.05, 4.69) is 26.2 Å². The quantitative estimate of drug-likeness (QED) is 0.695. The summed E-state index contributed by atoms with van der Waals surface area (Å²) in [4.78, 5) is 16.2. The zero-order chi connectivity index (χ0) is 16.2. The normalized spacial score (nSPS) is 11.9. The fourth-order valence-corrected chi connectivity index (χ4v) is 2.71. The standard InChI is InChI=1S/C18H15BrN2O2/c1-23-15-6-2-4-13(11-15)17(19)18(22)21-14-7-8-16-12(10-14)5-3-9-20-16/h2-11,17H,1H3,(H,21,22). The molecular formula is C18H15BrN2O2. The Morgan fingerprint density at radius 1 is 1.17 bits per heavy atom. The van der Waals surface area contributed by atoms with Crippen LogP contribution in [0.5, 0.6) is 5.75 Å². The average Bonchev–Trinajstić information content (AvgIpc) is 2.61. The first kappa shape index (κ1) is 15.5. The number of carbonyl (C=O) groups is 1. The van der Waals surface area contributed by atoms with E-state index in [0.29, 0.717) is 0 Å². The summed E-state index contributed by atoms with van der Waals surface area (Å²) in [5.41, 5.74) is 2.47. The van der Waals surface area contributed by atoms with Crippen molar-refractivity contribution >= 4 is 38.4 Å². The summed E-state index contributed by atoms with van der Waals surface area (Å²) in [5, 5.41) is 3.90. The third kappa shape index (κ3) is 3.51. The van der Waals surface area contributed by atoms with E-state index in [4.69, 9.17) is 4.74 Å². The first-order chi connectivity index (χ1) is 11.2. The van der Waals surface area contributed by atoms with E-state index in [1.807, 2.05) is 54.6 Å². The van der Waals surface area contributed by atoms with Gasteiger partial charge >= 0.3 is 0 Å². The number of carbonyl (C=O) groups excluding carboxylic acids is 1. The predicted molar refractivity (Wildman–Crippen MR) is 95.0 cm³/mol. The number of benzene rings is 2. The number of alkyl halides is 1. The van der Waals surface area contributed by atoms with Gasteiger partial charge in [0.15, 0.2) is 0 Å². The van der Waals surface area contributed by atoms with Gasteiger partial charge in [-0.1, -0.05) is 34.1 Å². The maximum absolute atomic E-state index is 12.4. The van der Waals surface area contributed by atoms with E-state index in [0.717, 1.165) is 27.9 Å². The number of pyridine rings is 1. The summed E-state index contributed by atoms with van der Waals surface area (Å²) in [7, 11) is 1.60. The van der Waals surface area contributed by atoms with E-state index >= 15 is 0 Å². The molecule has 23 heavy (non-hydrogen) atoms. The molecule has 116 valence electrons. The smallest absolute Gasteiger partial charge is 0.242 e. The lowest BCUT2D eigenvalue weighted by Crippen LogP contribution is -2.17. The van der Waals surface area contributed by atoms with Crippen molar-refractivity contribution in [3.8, 4) is 5.75 Å². The molecule has 0 spiro atoms. The zero-order valence-electron chi connectivity index (χ0n) is 12.5. The zero-order valence-corrected chi connectivity index (χ0v) is 14.1. The fourth-order valence-electron chi connectivity index (χ4n) is 2.31. The van der Waals surface area contributed by atoms with Crippen LogP contribution in [0, 0.1) is 0 Å². The molecule has 1 heterocycles. The number of aromatic nitrogens is 1. The minimum absolute atomic E-state index is 0.138. The maximum atomic E-state index is 12.4. The van der Waals surface area contributed by atoms with Gasteiger partial charge in [0.05, 0.1) is 12.6 Å². The van der Waals surface area contributed by atoms with E-state index in [1.165, 1.54) is 0 Å². The van der Waals surface area contributed by atoms with Crippen LogP contribution in [-0.2, 0) is 4.79 Å². The van der Waals surface area contributed by atoms with E-state index in [9.17, 15) is 4.79 Å². The molecule has 0 fully saturated rings. The molecular weight excluding hydrogens is 356 g/mol. The van der Waals surface area contributed by atoms with Gasteiger partial charge in [0.25, 0.3) is 0 Å². The molecule has 4 nitrogen and oxygen atoms in total. The molecule has 1 aromatic heterocycles. The molecule has 0 saturated carbocycles. The summed E-state index contributed by atoms with van der Waals surface area (Å²) < 4.78 is 5.19. The van der Waals surface area contributed by atoms with Crippen LogP contribution in [0.25, 0.3) is 10.9 Å². The molecule has 1 unspecified atom stereocenters. The topological polar surface area (TPSA) is 51.2 Å². The second-order valence-corrected chi connectivity index (χ2v) is 5.95. The van der Waals surface area contributed by atoms with Crippen LogP contribution in [0.3, 0.4) is 0 Å². The highest BCUT2D eigenvalue weighted by atomic mass is 79.9. The van der Waals surface area contributed by atoms with Crippen molar-refractivity contribution < 1.29 is 9.53 Å². The van der Waals surface area contributed by atoms with E-state index in [-0.39, 0.29) is 5.91 Å². The Kier molecular flexibility index (Phi) is 4.57. The maximum Gasteiger partial charge on any atom is 0.242 e. The van der Waals surface area contributed by atoms with Gasteiger partial charge in [0, 0.05) is 17.3 Å². The second kappa shape index (κ2) is 6.79. The Balaban J connectivity index is 1.79. The van der Waals surface area contributed by atoms with Gasteiger partial charge < -0.3 is 10.1 Å². The van der Waals surface area contributed by atoms with Crippen molar-refractivity contribution in [1.29, 1.82) is 0 Å². The molecule has 1 N–H and O–H groups in total. The number of amides is 1. The molecule has 0 aliphatic heterocycles. The Bertz CT molecular complexity index is 851. The highest BCUT2D eigenvalue weighted by Crippen LogP contribution is 2.28. The number of ether oxygens (including phenoxy) is 1. The summed E-state index contributed by atoms with van der Waals surface area (Å²) in [6.45, 7) is 0. The van der Waals surface area contributed by atoms with E-state index < -0.39 is 4.83 Å². The highest BCUT2D eigenvalue weighted by Gasteiger charge is 2.18. The Morgan fingerprint density at radius 2 is 2.04 bits per heavy atom. The van der Waals surface area contributed by atoms with Gasteiger partial charge in [-0.3, -0.25) is 9.78 Å². The summed E-state index contributed by atoms with van der Waals surface area (Å²) >= 11 is 3.44. The monoisotopic (exact) mass is 370 g/mol. The second-order valence-electron chi connectivity index (χ2n) is 5.04. The molecule has 2 aromatic carbocycles. The molecule has 0 radical (unpaired) electrons. The molecule has 0 bridgehead atoms. The molecule has 0 saturated heterocycles. The van der Waals surface area contributed by atoms with Crippen LogP contribution in [0.4, 0.5) is 5.69 Å². The lowest BCUT2D eigenvalue weighted by Gasteiger charge is -2.12. The van der Waals surface area contributed by atoms with Crippen molar-refractivity contribution in [3.63, 3.8) is 0 Å². The van der Waals surface area contributed by atoms with Crippen molar-refractivity contribution in [2.75, 3.05) is 12.4 Å². The first-order valence-corrected chi connectivity index (χ1v) is 8.02. The fraction of sp³-hybridized carbons (Fsp3) is 0.111. The third-order valence-corrected chi connectivity index (χ3v) is 4.43. The van der Waals surface area contributed by atoms with Crippen molar-refractivity contribution in [3.05, 3.63) is 66.4 Å². The minimum Gasteiger partial charge on any atom is -0.497 e. The number of nitrogens with zero attached hydrogens (tertiary/aromatic N) is 1. The van der Waals surface area contributed by atoms with Crippen molar-refractivity contribution in [2.45, 2.75) is 4.83 Å². The van der Waals surface area contributed by atoms with Gasteiger partial charge in [-0.2, -0.15) is 0 Å². The Hall–Kier alpha value is -2.40. The van der Waals surface area contributed by atoms with Gasteiger partial charge in [-0.25, -0.2) is 0 Å². The number of methoxy groups -OCH3 is 1. The predicted octanol–water partition coefficient (Wildman–Crippen LogP) is 4.32. The summed E-state index contributed by atoms with van der Waals surface area (Å²) in [5.74, 6) is 0.582. The lowest BCUT2D eigenvalue weighted by molar-refractivity contribution is -0.115. The number of hydrogen-bond donors (Lipinski definition) is 1. The lowest BCUT2D eigenvalue weighted by atomic mass is 10.1. The van der Waals surface area contributed by atoms with Crippen LogP contribution in [0.15, 0.2) is 60.8 Å². The molecule has 1 amide bonds. The minimum atomic E-state index is -0.456. The Labute approximate surface area is 142 Å². The van der Waals surface area contributed by atoms with Gasteiger partial charge in [-0.15, -0.1) is 0 Å². The molecule has 3 aromatic rings. The molecule has 0 aliphatic rings. The van der Waals surface area contributed by atoms with Gasteiger partial charge in [-0.05, 0) is 42.0 Å². The first-order valence-electron chi connectivity index (χ1n) is 7.11. The van der Waals surface area contributed by atoms with Gasteiger partial charge in [0.2, 0.25) is 5.91 Å². The SMILES string of the molecule is COc1cccc(C(Br)C(=O)Nc2ccc3ncccc3c2)c1. The average molecular weight is 371 g/mol. The number of anilines is 1. The number of halogens is 1. The van der Waals surface area contributed by atoms with Crippen molar-refractivity contribution in [1.82, 2.24) is 4.98 Å². The Morgan fingerprint density at radius 3 is 2.87 bits per heavy atom. The highest BCUT2D eigenvalue weighted by molar-refractivity contribution is 9.09. The van der Waals surface area contributed by atoms with Crippen LogP contribution in [0.2, 0.25) is 0 Å². The van der Waals surface area contributed by atoms with Gasteiger partial charge in [0.1, 0.15) is 10.6 Å². The summed E-state index contributed by atoms with van der Waals surface area (Å²) in [6, 6.07) is 16.9. The number of rotatable bonds is 4. The van der Waals surface area contributed by atoms with E-state index in [1.54, 1.807) is 13.3 Å². The largest absolute Gasteiger partial charge is 0.497 e. The molecule has 0 aliphatic carbocycles. The van der Waals surface area contributed by atoms with Crippen LogP contribution in [-0.4, -0.2) is 18.0 Å². The molecule has 1 atom stereocenters. The number of fused-ring (bicyclic) bond motifs is 1. The van der Waals surface area contributed by atoms with Crippen LogP contribution in [0.1, 0.15) is 10.4 Å². The summed E-state index contributed by atoms with van der Waals surface area (Å²) in [6.07, 6.45) is 1.75. The third-order valence-electron chi connectivity index (χ3n) is 3.49. The van der Waals surface area contributed by atoms with Crippen molar-refractivity contribution in [2.24, 2.45) is 0 Å². The van der Waals surface area contributed by atoms with Crippen LogP contribution < -0.4 is 10.1 Å². The number of nitrogens with one attached hydrogen (secondary N) is 1. The van der Waals surface area contributed by atoms with Crippen LogP contribution >= 0.6 is 15.9 Å². The molecule has 3 rings (SSSR count).